The highest BCUT2D eigenvalue weighted by Gasteiger charge is 2.57. The van der Waals surface area contributed by atoms with Crippen molar-refractivity contribution in [3.8, 4) is 0 Å². The molecule has 15 heteroatoms. The van der Waals surface area contributed by atoms with Crippen LogP contribution in [0.25, 0.3) is 0 Å². The summed E-state index contributed by atoms with van der Waals surface area (Å²) in [6.45, 7) is 4.21. The van der Waals surface area contributed by atoms with Crippen molar-refractivity contribution >= 4 is 17.9 Å². The lowest BCUT2D eigenvalue weighted by Gasteiger charge is -2.51. The number of carbonyl (C=O) groups excluding carboxylic acids is 3. The van der Waals surface area contributed by atoms with Crippen LogP contribution in [0.2, 0.25) is 0 Å². The number of rotatable bonds is 18. The number of methoxy groups -OCH3 is 1. The Kier molecular flexibility index (Phi) is 16.4. The Hall–Kier alpha value is -5.07. The molecular weight excluding hydrogens is 817 g/mol. The summed E-state index contributed by atoms with van der Waals surface area (Å²) in [5, 5.41) is 0. The highest BCUT2D eigenvalue weighted by atomic mass is 16.8. The van der Waals surface area contributed by atoms with Crippen molar-refractivity contribution in [1.29, 1.82) is 0 Å². The van der Waals surface area contributed by atoms with Gasteiger partial charge in [-0.3, -0.25) is 9.59 Å². The fourth-order valence-corrected chi connectivity index (χ4v) is 7.80. The van der Waals surface area contributed by atoms with Gasteiger partial charge in [0.25, 0.3) is 0 Å². The summed E-state index contributed by atoms with van der Waals surface area (Å²) in [5.74, 6) is -1.98. The predicted octanol–water partition coefficient (Wildman–Crippen LogP) is 5.94. The molecule has 0 saturated carbocycles. The molecule has 0 amide bonds. The second kappa shape index (κ2) is 22.5. The van der Waals surface area contributed by atoms with E-state index >= 15 is 0 Å². The van der Waals surface area contributed by atoms with E-state index in [9.17, 15) is 14.4 Å². The van der Waals surface area contributed by atoms with Crippen molar-refractivity contribution < 1.29 is 71.2 Å². The zero-order chi connectivity index (χ0) is 44.1. The average molecular weight is 871 g/mol. The molecule has 3 saturated heterocycles. The highest BCUT2D eigenvalue weighted by molar-refractivity contribution is 5.76. The Bertz CT molecular complexity index is 2020. The zero-order valence-electron chi connectivity index (χ0n) is 35.6. The van der Waals surface area contributed by atoms with Crippen molar-refractivity contribution in [3.05, 3.63) is 144 Å². The Morgan fingerprint density at radius 1 is 0.651 bits per heavy atom. The van der Waals surface area contributed by atoms with Crippen molar-refractivity contribution in [2.24, 2.45) is 0 Å². The lowest BCUT2D eigenvalue weighted by molar-refractivity contribution is -0.398. The minimum absolute atomic E-state index is 0.0464. The number of benzene rings is 4. The first-order valence-electron chi connectivity index (χ1n) is 21.0. The van der Waals surface area contributed by atoms with E-state index in [4.69, 9.17) is 56.8 Å². The average Bonchev–Trinajstić information content (AvgIpc) is 3.30. The van der Waals surface area contributed by atoms with Gasteiger partial charge in [-0.2, -0.15) is 0 Å². The van der Waals surface area contributed by atoms with Crippen molar-refractivity contribution in [3.63, 3.8) is 0 Å². The topological polar surface area (TPSA) is 162 Å². The van der Waals surface area contributed by atoms with Gasteiger partial charge in [0.15, 0.2) is 31.1 Å². The fraction of sp³-hybridized carbons (Fsp3) is 0.438. The van der Waals surface area contributed by atoms with Crippen LogP contribution in [0.5, 0.6) is 0 Å². The molecule has 7 rings (SSSR count). The second-order valence-corrected chi connectivity index (χ2v) is 15.1. The summed E-state index contributed by atoms with van der Waals surface area (Å²) < 4.78 is 76.3. The number of esters is 3. The van der Waals surface area contributed by atoms with Crippen LogP contribution >= 0.6 is 0 Å². The number of fused-ring (bicyclic) bond motifs is 1. The van der Waals surface area contributed by atoms with Crippen molar-refractivity contribution in [2.75, 3.05) is 26.9 Å². The van der Waals surface area contributed by atoms with Crippen LogP contribution in [0.15, 0.2) is 121 Å². The Balaban J connectivity index is 1.32. The lowest BCUT2D eigenvalue weighted by Crippen LogP contribution is -2.67. The van der Waals surface area contributed by atoms with Gasteiger partial charge in [0, 0.05) is 26.5 Å². The van der Waals surface area contributed by atoms with E-state index in [0.29, 0.717) is 5.56 Å². The molecule has 4 aromatic rings. The number of carbonyl (C=O) groups is 3. The van der Waals surface area contributed by atoms with Gasteiger partial charge in [0.1, 0.15) is 49.3 Å². The van der Waals surface area contributed by atoms with Gasteiger partial charge in [-0.05, 0) is 23.6 Å². The molecule has 0 aromatic heterocycles. The van der Waals surface area contributed by atoms with Gasteiger partial charge in [0.2, 0.25) is 0 Å². The summed E-state index contributed by atoms with van der Waals surface area (Å²) in [6, 6.07) is 37.1. The zero-order valence-corrected chi connectivity index (χ0v) is 35.6. The third-order valence-electron chi connectivity index (χ3n) is 10.7. The summed E-state index contributed by atoms with van der Waals surface area (Å²) >= 11 is 0. The molecule has 3 aliphatic heterocycles. The van der Waals surface area contributed by atoms with Crippen molar-refractivity contribution in [2.45, 2.75) is 108 Å². The van der Waals surface area contributed by atoms with E-state index in [-0.39, 0.29) is 33.0 Å². The number of hydrogen-bond acceptors (Lipinski definition) is 15. The van der Waals surface area contributed by atoms with Gasteiger partial charge in [0.05, 0.1) is 26.4 Å². The van der Waals surface area contributed by atoms with Gasteiger partial charge >= 0.3 is 17.9 Å². The molecule has 63 heavy (non-hydrogen) atoms. The Morgan fingerprint density at radius 3 is 1.84 bits per heavy atom. The standard InChI is InChI=1S/C48H54O15/c1-5-53-45(51)38(34-22-14-8-15-23-34)61-44-41(58-31(3)50)39(55-26-32-18-10-6-11-19-32)36(28-54-30(2)49)60-48(44)63-42-40-37(29-57-46(62-40)35-24-16-9-17-25-35)59-47(52-4)43(42)56-27-33-20-12-7-13-21-33/h6-25,36-44,46-48H,5,26-29H2,1-4H3/t36-,37-,38-,39-,40-,41+,42+,43-,44-,46?,47+,48-/m1/s1. The first-order chi connectivity index (χ1) is 30.7. The maximum atomic E-state index is 13.9. The van der Waals surface area contributed by atoms with E-state index in [1.165, 1.54) is 21.0 Å². The van der Waals surface area contributed by atoms with Crippen LogP contribution < -0.4 is 0 Å². The van der Waals surface area contributed by atoms with Crippen LogP contribution in [0.3, 0.4) is 0 Å². The first-order valence-corrected chi connectivity index (χ1v) is 21.0. The highest BCUT2D eigenvalue weighted by Crippen LogP contribution is 2.40. The SMILES string of the molecule is CCOC(=O)[C@H](O[C@H]1[C@@H](O[C@@H]2[C@@H](OCc3ccccc3)[C@@H](OC)O[C@@H]3COC(c4ccccc4)O[C@@H]23)O[C@H](COC(C)=O)[C@@H](OCc2ccccc2)[C@@H]1OC(C)=O)c1ccccc1. The summed E-state index contributed by atoms with van der Waals surface area (Å²) in [7, 11) is 1.49. The third-order valence-corrected chi connectivity index (χ3v) is 10.7. The molecule has 0 bridgehead atoms. The molecule has 3 heterocycles. The van der Waals surface area contributed by atoms with Crippen LogP contribution in [0.4, 0.5) is 0 Å². The molecule has 0 aliphatic carbocycles. The summed E-state index contributed by atoms with van der Waals surface area (Å²) in [4.78, 5) is 39.4. The molecule has 3 fully saturated rings. The third kappa shape index (κ3) is 11.9. The van der Waals surface area contributed by atoms with Crippen LogP contribution in [0.1, 0.15) is 55.4 Å². The van der Waals surface area contributed by atoms with Crippen molar-refractivity contribution in [1.82, 2.24) is 0 Å². The first kappa shape index (κ1) is 45.9. The van der Waals surface area contributed by atoms with Gasteiger partial charge in [-0.15, -0.1) is 0 Å². The monoisotopic (exact) mass is 870 g/mol. The molecule has 4 aromatic carbocycles. The Morgan fingerprint density at radius 2 is 1.25 bits per heavy atom. The number of hydrogen-bond donors (Lipinski definition) is 0. The smallest absolute Gasteiger partial charge is 0.339 e. The van der Waals surface area contributed by atoms with E-state index < -0.39 is 91.7 Å². The minimum atomic E-state index is -1.49. The minimum Gasteiger partial charge on any atom is -0.464 e. The van der Waals surface area contributed by atoms with Crippen LogP contribution in [-0.2, 0) is 84.4 Å². The van der Waals surface area contributed by atoms with E-state index in [2.05, 4.69) is 0 Å². The quantitative estimate of drug-likeness (QED) is 0.0853. The molecule has 3 aliphatic rings. The van der Waals surface area contributed by atoms with E-state index in [1.54, 1.807) is 37.3 Å². The fourth-order valence-electron chi connectivity index (χ4n) is 7.80. The molecule has 12 atom stereocenters. The van der Waals surface area contributed by atoms with E-state index in [0.717, 1.165) is 16.7 Å². The van der Waals surface area contributed by atoms with Crippen LogP contribution in [0, 0.1) is 0 Å². The van der Waals surface area contributed by atoms with E-state index in [1.807, 2.05) is 91.0 Å². The molecule has 336 valence electrons. The lowest BCUT2D eigenvalue weighted by atomic mass is 9.95. The maximum absolute atomic E-state index is 13.9. The summed E-state index contributed by atoms with van der Waals surface area (Å²) in [5.41, 5.74) is 2.88. The predicted molar refractivity (Wildman–Crippen MR) is 222 cm³/mol. The molecule has 0 radical (unpaired) electrons. The van der Waals surface area contributed by atoms with Crippen LogP contribution in [-0.4, -0.2) is 106 Å². The van der Waals surface area contributed by atoms with Gasteiger partial charge in [-0.25, -0.2) is 4.79 Å². The summed E-state index contributed by atoms with van der Waals surface area (Å²) in [6.07, 6.45) is -13.2. The molecule has 1 unspecified atom stereocenters. The van der Waals surface area contributed by atoms with Gasteiger partial charge in [-0.1, -0.05) is 121 Å². The molecule has 15 nitrogen and oxygen atoms in total. The maximum Gasteiger partial charge on any atom is 0.339 e. The normalized spacial score (nSPS) is 28.5. The molecule has 0 N–H and O–H groups in total. The largest absolute Gasteiger partial charge is 0.464 e. The second-order valence-electron chi connectivity index (χ2n) is 15.1. The molecular formula is C48H54O15. The number of ether oxygens (including phenoxy) is 12. The van der Waals surface area contributed by atoms with Gasteiger partial charge < -0.3 is 56.8 Å². The molecule has 0 spiro atoms. The Labute approximate surface area is 366 Å².